The SMILES string of the molecule is CNC(=O)c1ccc(CN(C)Cc2nnc(-c3ccc([N+](=O)[O-])cc3)o2)cc1. The summed E-state index contributed by atoms with van der Waals surface area (Å²) in [7, 11) is 3.52. The van der Waals surface area contributed by atoms with E-state index in [1.54, 1.807) is 31.3 Å². The van der Waals surface area contributed by atoms with Gasteiger partial charge in [-0.05, 0) is 36.9 Å². The van der Waals surface area contributed by atoms with Crippen LogP contribution in [-0.4, -0.2) is 40.0 Å². The van der Waals surface area contributed by atoms with Crippen molar-refractivity contribution in [2.75, 3.05) is 14.1 Å². The first-order valence-corrected chi connectivity index (χ1v) is 8.53. The van der Waals surface area contributed by atoms with Gasteiger partial charge in [-0.15, -0.1) is 10.2 Å². The van der Waals surface area contributed by atoms with Crippen molar-refractivity contribution in [3.63, 3.8) is 0 Å². The van der Waals surface area contributed by atoms with Gasteiger partial charge in [0.05, 0.1) is 11.5 Å². The van der Waals surface area contributed by atoms with Crippen molar-refractivity contribution in [3.05, 3.63) is 75.7 Å². The van der Waals surface area contributed by atoms with Crippen LogP contribution in [0.4, 0.5) is 5.69 Å². The number of hydrogen-bond donors (Lipinski definition) is 1. The van der Waals surface area contributed by atoms with Crippen LogP contribution in [0.3, 0.4) is 0 Å². The van der Waals surface area contributed by atoms with Gasteiger partial charge in [-0.2, -0.15) is 0 Å². The lowest BCUT2D eigenvalue weighted by Gasteiger charge is -2.14. The molecule has 9 nitrogen and oxygen atoms in total. The van der Waals surface area contributed by atoms with Crippen LogP contribution in [0.2, 0.25) is 0 Å². The van der Waals surface area contributed by atoms with Crippen LogP contribution in [0.5, 0.6) is 0 Å². The maximum Gasteiger partial charge on any atom is 0.269 e. The van der Waals surface area contributed by atoms with Crippen LogP contribution >= 0.6 is 0 Å². The normalized spacial score (nSPS) is 10.8. The van der Waals surface area contributed by atoms with Gasteiger partial charge in [0.2, 0.25) is 11.8 Å². The molecule has 0 bridgehead atoms. The molecule has 3 rings (SSSR count). The van der Waals surface area contributed by atoms with Gasteiger partial charge in [0.1, 0.15) is 0 Å². The van der Waals surface area contributed by atoms with Crippen molar-refractivity contribution in [2.24, 2.45) is 0 Å². The maximum atomic E-state index is 11.6. The molecule has 1 aromatic heterocycles. The van der Waals surface area contributed by atoms with Crippen molar-refractivity contribution in [3.8, 4) is 11.5 Å². The molecule has 0 saturated carbocycles. The van der Waals surface area contributed by atoms with Gasteiger partial charge in [0, 0.05) is 36.9 Å². The van der Waals surface area contributed by atoms with Crippen LogP contribution in [-0.2, 0) is 13.1 Å². The molecule has 9 heteroatoms. The number of nitrogens with one attached hydrogen (secondary N) is 1. The van der Waals surface area contributed by atoms with Crippen LogP contribution in [0.15, 0.2) is 52.9 Å². The van der Waals surface area contributed by atoms with Gasteiger partial charge < -0.3 is 9.73 Å². The lowest BCUT2D eigenvalue weighted by molar-refractivity contribution is -0.384. The first-order chi connectivity index (χ1) is 13.5. The van der Waals surface area contributed by atoms with Crippen molar-refractivity contribution in [2.45, 2.75) is 13.1 Å². The van der Waals surface area contributed by atoms with Gasteiger partial charge in [-0.25, -0.2) is 0 Å². The minimum atomic E-state index is -0.459. The summed E-state index contributed by atoms with van der Waals surface area (Å²) in [5.41, 5.74) is 2.28. The summed E-state index contributed by atoms with van der Waals surface area (Å²) < 4.78 is 5.66. The molecule has 0 radical (unpaired) electrons. The standard InChI is InChI=1S/C19H19N5O4/c1-20-18(25)14-5-3-13(4-6-14)11-23(2)12-17-21-22-19(28-17)15-7-9-16(10-8-15)24(26)27/h3-10H,11-12H2,1-2H3,(H,20,25). The van der Waals surface area contributed by atoms with Crippen LogP contribution in [0.25, 0.3) is 11.5 Å². The predicted octanol–water partition coefficient (Wildman–Crippen LogP) is 2.64. The number of hydrogen-bond acceptors (Lipinski definition) is 7. The Morgan fingerprint density at radius 2 is 1.79 bits per heavy atom. The second-order valence-electron chi connectivity index (χ2n) is 6.25. The Hall–Kier alpha value is -3.59. The highest BCUT2D eigenvalue weighted by atomic mass is 16.6. The van der Waals surface area contributed by atoms with E-state index in [-0.39, 0.29) is 11.6 Å². The molecule has 3 aromatic rings. The monoisotopic (exact) mass is 381 g/mol. The number of nitro groups is 1. The van der Waals surface area contributed by atoms with Crippen molar-refractivity contribution in [1.29, 1.82) is 0 Å². The fraction of sp³-hybridized carbons (Fsp3) is 0.211. The molecule has 0 spiro atoms. The first-order valence-electron chi connectivity index (χ1n) is 8.53. The van der Waals surface area contributed by atoms with Gasteiger partial charge in [-0.3, -0.25) is 19.8 Å². The third kappa shape index (κ3) is 4.57. The minimum Gasteiger partial charge on any atom is -0.419 e. The lowest BCUT2D eigenvalue weighted by atomic mass is 10.1. The molecule has 28 heavy (non-hydrogen) atoms. The molecule has 0 saturated heterocycles. The molecular weight excluding hydrogens is 362 g/mol. The summed E-state index contributed by atoms with van der Waals surface area (Å²) in [4.78, 5) is 23.8. The topological polar surface area (TPSA) is 114 Å². The van der Waals surface area contributed by atoms with E-state index in [2.05, 4.69) is 15.5 Å². The Labute approximate surface area is 161 Å². The molecule has 1 N–H and O–H groups in total. The van der Waals surface area contributed by atoms with E-state index in [4.69, 9.17) is 4.42 Å². The van der Waals surface area contributed by atoms with Gasteiger partial charge >= 0.3 is 0 Å². The van der Waals surface area contributed by atoms with Crippen LogP contribution in [0.1, 0.15) is 21.8 Å². The summed E-state index contributed by atoms with van der Waals surface area (Å²) >= 11 is 0. The number of nitro benzene ring substituents is 1. The van der Waals surface area contributed by atoms with E-state index in [1.807, 2.05) is 24.1 Å². The van der Waals surface area contributed by atoms with E-state index < -0.39 is 4.92 Å². The zero-order chi connectivity index (χ0) is 20.1. The Morgan fingerprint density at radius 3 is 2.39 bits per heavy atom. The molecule has 0 unspecified atom stereocenters. The number of carbonyl (C=O) groups is 1. The Bertz CT molecular complexity index is 967. The third-order valence-electron chi connectivity index (χ3n) is 4.09. The van der Waals surface area contributed by atoms with E-state index in [1.165, 1.54) is 12.1 Å². The van der Waals surface area contributed by atoms with Crippen molar-refractivity contribution in [1.82, 2.24) is 20.4 Å². The molecule has 144 valence electrons. The fourth-order valence-electron chi connectivity index (χ4n) is 2.66. The summed E-state index contributed by atoms with van der Waals surface area (Å²) in [6, 6.07) is 13.3. The number of nitrogens with zero attached hydrogens (tertiary/aromatic N) is 4. The molecule has 0 aliphatic rings. The second-order valence-corrected chi connectivity index (χ2v) is 6.25. The number of benzene rings is 2. The van der Waals surface area contributed by atoms with E-state index in [9.17, 15) is 14.9 Å². The van der Waals surface area contributed by atoms with E-state index in [0.29, 0.717) is 36.0 Å². The largest absolute Gasteiger partial charge is 0.419 e. The highest BCUT2D eigenvalue weighted by Gasteiger charge is 2.13. The van der Waals surface area contributed by atoms with E-state index in [0.717, 1.165) is 5.56 Å². The molecule has 0 aliphatic carbocycles. The highest BCUT2D eigenvalue weighted by Crippen LogP contribution is 2.21. The zero-order valence-corrected chi connectivity index (χ0v) is 15.5. The summed E-state index contributed by atoms with van der Waals surface area (Å²) in [6.07, 6.45) is 0. The van der Waals surface area contributed by atoms with Crippen LogP contribution < -0.4 is 5.32 Å². The number of non-ortho nitro benzene ring substituents is 1. The average Bonchev–Trinajstić information content (AvgIpc) is 3.16. The summed E-state index contributed by atoms with van der Waals surface area (Å²) in [5, 5.41) is 21.3. The number of carbonyl (C=O) groups excluding carboxylic acids is 1. The number of rotatable bonds is 7. The molecule has 2 aromatic carbocycles. The third-order valence-corrected chi connectivity index (χ3v) is 4.09. The summed E-state index contributed by atoms with van der Waals surface area (Å²) in [6.45, 7) is 1.08. The first kappa shape index (κ1) is 19.2. The van der Waals surface area contributed by atoms with Gasteiger partial charge in [0.15, 0.2) is 0 Å². The average molecular weight is 381 g/mol. The van der Waals surface area contributed by atoms with Crippen molar-refractivity contribution < 1.29 is 14.1 Å². The number of aromatic nitrogens is 2. The molecule has 0 atom stereocenters. The maximum absolute atomic E-state index is 11.6. The second kappa shape index (κ2) is 8.40. The van der Waals surface area contributed by atoms with Gasteiger partial charge in [0.25, 0.3) is 11.6 Å². The Balaban J connectivity index is 1.61. The molecule has 0 fully saturated rings. The Morgan fingerprint density at radius 1 is 1.11 bits per heavy atom. The smallest absolute Gasteiger partial charge is 0.269 e. The van der Waals surface area contributed by atoms with E-state index >= 15 is 0 Å². The molecule has 1 amide bonds. The molecule has 0 aliphatic heterocycles. The summed E-state index contributed by atoms with van der Waals surface area (Å²) in [5.74, 6) is 0.635. The number of amides is 1. The lowest BCUT2D eigenvalue weighted by Crippen LogP contribution is -2.19. The highest BCUT2D eigenvalue weighted by molar-refractivity contribution is 5.93. The van der Waals surface area contributed by atoms with Gasteiger partial charge in [-0.1, -0.05) is 12.1 Å². The molecular formula is C19H19N5O4. The zero-order valence-electron chi connectivity index (χ0n) is 15.5. The quantitative estimate of drug-likeness (QED) is 0.494. The van der Waals surface area contributed by atoms with Crippen molar-refractivity contribution >= 4 is 11.6 Å². The minimum absolute atomic E-state index is 0.00524. The predicted molar refractivity (Wildman–Crippen MR) is 101 cm³/mol. The molecule has 1 heterocycles. The fourth-order valence-corrected chi connectivity index (χ4v) is 2.66. The Kier molecular flexibility index (Phi) is 5.75. The van der Waals surface area contributed by atoms with Crippen LogP contribution in [0, 0.1) is 10.1 Å².